The lowest BCUT2D eigenvalue weighted by molar-refractivity contribution is 0.0913. The SMILES string of the molecule is Cc1cc(C(=O)N[C@@H]2CC(C)(C)Cc3nc(C(C)(C)C)ncc32)n[nH]1. The van der Waals surface area contributed by atoms with Gasteiger partial charge in [0.2, 0.25) is 0 Å². The second-order valence-corrected chi connectivity index (χ2v) is 8.85. The molecule has 2 N–H and O–H groups in total. The first-order chi connectivity index (χ1) is 11.5. The number of H-pyrrole nitrogens is 1. The molecule has 0 fully saturated rings. The number of aromatic nitrogens is 4. The van der Waals surface area contributed by atoms with E-state index in [0.29, 0.717) is 5.69 Å². The van der Waals surface area contributed by atoms with Gasteiger partial charge >= 0.3 is 0 Å². The molecule has 2 heterocycles. The van der Waals surface area contributed by atoms with Gasteiger partial charge in [0.1, 0.15) is 11.5 Å². The van der Waals surface area contributed by atoms with Gasteiger partial charge in [0, 0.05) is 28.6 Å². The van der Waals surface area contributed by atoms with Gasteiger partial charge in [-0.25, -0.2) is 9.97 Å². The van der Waals surface area contributed by atoms with E-state index >= 15 is 0 Å². The quantitative estimate of drug-likeness (QED) is 0.878. The second kappa shape index (κ2) is 5.93. The summed E-state index contributed by atoms with van der Waals surface area (Å²) in [5.74, 6) is 0.676. The molecule has 1 atom stereocenters. The summed E-state index contributed by atoms with van der Waals surface area (Å²) in [6.07, 6.45) is 3.63. The number of rotatable bonds is 2. The molecule has 1 amide bonds. The zero-order chi connectivity index (χ0) is 18.4. The normalized spacial score (nSPS) is 19.4. The zero-order valence-electron chi connectivity index (χ0n) is 15.9. The van der Waals surface area contributed by atoms with Crippen molar-refractivity contribution in [1.29, 1.82) is 0 Å². The summed E-state index contributed by atoms with van der Waals surface area (Å²) in [5, 5.41) is 9.98. The maximum Gasteiger partial charge on any atom is 0.272 e. The van der Waals surface area contributed by atoms with Gasteiger partial charge in [-0.15, -0.1) is 0 Å². The lowest BCUT2D eigenvalue weighted by Gasteiger charge is -2.37. The molecule has 1 aliphatic rings. The average Bonchev–Trinajstić information content (AvgIpc) is 2.91. The monoisotopic (exact) mass is 341 g/mol. The highest BCUT2D eigenvalue weighted by atomic mass is 16.2. The summed E-state index contributed by atoms with van der Waals surface area (Å²) >= 11 is 0. The van der Waals surface area contributed by atoms with Crippen LogP contribution < -0.4 is 5.32 Å². The third kappa shape index (κ3) is 3.72. The average molecular weight is 341 g/mol. The molecule has 6 nitrogen and oxygen atoms in total. The Balaban J connectivity index is 1.92. The Morgan fingerprint density at radius 3 is 2.68 bits per heavy atom. The molecule has 0 spiro atoms. The number of hydrogen-bond donors (Lipinski definition) is 2. The highest BCUT2D eigenvalue weighted by molar-refractivity contribution is 5.92. The van der Waals surface area contributed by atoms with E-state index in [4.69, 9.17) is 4.98 Å². The molecule has 2 aromatic heterocycles. The number of fused-ring (bicyclic) bond motifs is 1. The van der Waals surface area contributed by atoms with E-state index in [2.05, 4.69) is 55.1 Å². The van der Waals surface area contributed by atoms with Gasteiger partial charge in [-0.1, -0.05) is 34.6 Å². The number of carbonyl (C=O) groups is 1. The van der Waals surface area contributed by atoms with Gasteiger partial charge in [0.25, 0.3) is 5.91 Å². The molecule has 0 unspecified atom stereocenters. The van der Waals surface area contributed by atoms with Gasteiger partial charge in [-0.05, 0) is 31.2 Å². The van der Waals surface area contributed by atoms with E-state index in [1.54, 1.807) is 6.07 Å². The van der Waals surface area contributed by atoms with Crippen LogP contribution in [0.4, 0.5) is 0 Å². The number of carbonyl (C=O) groups excluding carboxylic acids is 1. The van der Waals surface area contributed by atoms with Crippen molar-refractivity contribution in [1.82, 2.24) is 25.5 Å². The molecule has 0 radical (unpaired) electrons. The van der Waals surface area contributed by atoms with E-state index in [1.165, 1.54) is 0 Å². The molecule has 1 aliphatic carbocycles. The van der Waals surface area contributed by atoms with Crippen molar-refractivity contribution in [3.8, 4) is 0 Å². The number of nitrogens with zero attached hydrogens (tertiary/aromatic N) is 3. The van der Waals surface area contributed by atoms with Crippen LogP contribution in [-0.2, 0) is 11.8 Å². The van der Waals surface area contributed by atoms with Crippen LogP contribution in [0.2, 0.25) is 0 Å². The van der Waals surface area contributed by atoms with E-state index < -0.39 is 0 Å². The molecule has 2 aromatic rings. The molecule has 6 heteroatoms. The van der Waals surface area contributed by atoms with Crippen LogP contribution in [0.1, 0.15) is 80.3 Å². The van der Waals surface area contributed by atoms with Crippen molar-refractivity contribution in [2.45, 2.75) is 65.8 Å². The predicted octanol–water partition coefficient (Wildman–Crippen LogP) is 3.25. The molecule has 0 saturated carbocycles. The van der Waals surface area contributed by atoms with Crippen molar-refractivity contribution in [3.63, 3.8) is 0 Å². The van der Waals surface area contributed by atoms with Gasteiger partial charge in [0.15, 0.2) is 0 Å². The predicted molar refractivity (Wildman–Crippen MR) is 96.4 cm³/mol. The molecule has 0 aromatic carbocycles. The fourth-order valence-electron chi connectivity index (χ4n) is 3.30. The first-order valence-corrected chi connectivity index (χ1v) is 8.74. The van der Waals surface area contributed by atoms with E-state index in [-0.39, 0.29) is 22.8 Å². The van der Waals surface area contributed by atoms with Crippen molar-refractivity contribution in [2.75, 3.05) is 0 Å². The largest absolute Gasteiger partial charge is 0.344 e. The van der Waals surface area contributed by atoms with Gasteiger partial charge in [-0.2, -0.15) is 5.10 Å². The minimum atomic E-state index is -0.169. The lowest BCUT2D eigenvalue weighted by atomic mass is 9.74. The zero-order valence-corrected chi connectivity index (χ0v) is 15.9. The number of hydrogen-bond acceptors (Lipinski definition) is 4. The van der Waals surface area contributed by atoms with Crippen LogP contribution in [0.3, 0.4) is 0 Å². The Labute approximate surface area is 148 Å². The summed E-state index contributed by atoms with van der Waals surface area (Å²) in [5.41, 5.74) is 3.31. The molecule has 0 saturated heterocycles. The fourth-order valence-corrected chi connectivity index (χ4v) is 3.30. The molecular formula is C19H27N5O. The number of aryl methyl sites for hydroxylation is 1. The smallest absolute Gasteiger partial charge is 0.272 e. The summed E-state index contributed by atoms with van der Waals surface area (Å²) in [4.78, 5) is 21.9. The molecule has 3 rings (SSSR count). The van der Waals surface area contributed by atoms with Crippen LogP contribution in [0.5, 0.6) is 0 Å². The van der Waals surface area contributed by atoms with E-state index in [0.717, 1.165) is 35.6 Å². The van der Waals surface area contributed by atoms with Crippen LogP contribution in [0.25, 0.3) is 0 Å². The summed E-state index contributed by atoms with van der Waals surface area (Å²) < 4.78 is 0. The molecule has 0 aliphatic heterocycles. The minimum absolute atomic E-state index is 0.0654. The Kier molecular flexibility index (Phi) is 4.17. The van der Waals surface area contributed by atoms with Crippen molar-refractivity contribution >= 4 is 5.91 Å². The highest BCUT2D eigenvalue weighted by Gasteiger charge is 2.35. The first kappa shape index (κ1) is 17.6. The fraction of sp³-hybridized carbons (Fsp3) is 0.579. The van der Waals surface area contributed by atoms with E-state index in [1.807, 2.05) is 13.1 Å². The number of amides is 1. The van der Waals surface area contributed by atoms with Crippen LogP contribution in [0, 0.1) is 12.3 Å². The lowest BCUT2D eigenvalue weighted by Crippen LogP contribution is -2.37. The van der Waals surface area contributed by atoms with Crippen LogP contribution >= 0.6 is 0 Å². The summed E-state index contributed by atoms with van der Waals surface area (Å²) in [6, 6.07) is 1.65. The van der Waals surface area contributed by atoms with Gasteiger partial charge in [-0.3, -0.25) is 9.89 Å². The Morgan fingerprint density at radius 2 is 2.08 bits per heavy atom. The summed E-state index contributed by atoms with van der Waals surface area (Å²) in [6.45, 7) is 12.6. The van der Waals surface area contributed by atoms with Crippen LogP contribution in [0.15, 0.2) is 12.3 Å². The van der Waals surface area contributed by atoms with Crippen molar-refractivity contribution in [2.24, 2.45) is 5.41 Å². The highest BCUT2D eigenvalue weighted by Crippen LogP contribution is 2.40. The van der Waals surface area contributed by atoms with Crippen LogP contribution in [-0.4, -0.2) is 26.1 Å². The number of nitrogens with one attached hydrogen (secondary N) is 2. The minimum Gasteiger partial charge on any atom is -0.344 e. The molecule has 0 bridgehead atoms. The van der Waals surface area contributed by atoms with Crippen molar-refractivity contribution < 1.29 is 4.79 Å². The third-order valence-electron chi connectivity index (χ3n) is 4.59. The first-order valence-electron chi connectivity index (χ1n) is 8.74. The van der Waals surface area contributed by atoms with Crippen molar-refractivity contribution in [3.05, 3.63) is 40.7 Å². The maximum atomic E-state index is 12.5. The Hall–Kier alpha value is -2.24. The number of aromatic amines is 1. The Morgan fingerprint density at radius 1 is 1.36 bits per heavy atom. The molecular weight excluding hydrogens is 314 g/mol. The molecule has 134 valence electrons. The maximum absolute atomic E-state index is 12.5. The van der Waals surface area contributed by atoms with Gasteiger partial charge in [0.05, 0.1) is 6.04 Å². The van der Waals surface area contributed by atoms with Gasteiger partial charge < -0.3 is 5.32 Å². The van der Waals surface area contributed by atoms with E-state index in [9.17, 15) is 4.79 Å². The standard InChI is InChI=1S/C19H27N5O/c1-11-7-13(24-23-11)16(25)21-14-8-19(5,6)9-15-12(14)10-20-17(22-15)18(2,3)4/h7,10,14H,8-9H2,1-6H3,(H,21,25)(H,23,24)/t14-/m1/s1. The Bertz CT molecular complexity index is 800. The summed E-state index contributed by atoms with van der Waals surface area (Å²) in [7, 11) is 0. The second-order valence-electron chi connectivity index (χ2n) is 8.85. The molecule has 25 heavy (non-hydrogen) atoms. The third-order valence-corrected chi connectivity index (χ3v) is 4.59. The topological polar surface area (TPSA) is 83.6 Å².